The zero-order valence-corrected chi connectivity index (χ0v) is 11.8. The summed E-state index contributed by atoms with van der Waals surface area (Å²) in [4.78, 5) is 20.9. The first kappa shape index (κ1) is 13.1. The summed E-state index contributed by atoms with van der Waals surface area (Å²) in [5, 5.41) is 4.05. The molecule has 0 spiro atoms. The maximum atomic E-state index is 12.0. The summed E-state index contributed by atoms with van der Waals surface area (Å²) in [6, 6.07) is 0. The maximum absolute atomic E-state index is 12.0. The molecule has 0 aromatic carbocycles. The highest BCUT2D eigenvalue weighted by atomic mass is 32.1. The SMILES string of the molecule is COCc1nsc(NC(=O)c2sc(C)nc2C)n1. The largest absolute Gasteiger partial charge is 0.377 e. The molecule has 0 radical (unpaired) electrons. The van der Waals surface area contributed by atoms with Gasteiger partial charge in [0.05, 0.1) is 10.7 Å². The van der Waals surface area contributed by atoms with E-state index in [0.717, 1.165) is 22.2 Å². The minimum atomic E-state index is -0.196. The Hall–Kier alpha value is -1.38. The molecule has 0 bridgehead atoms. The number of methoxy groups -OCH3 is 1. The monoisotopic (exact) mass is 284 g/mol. The van der Waals surface area contributed by atoms with Crippen LogP contribution >= 0.6 is 22.9 Å². The standard InChI is InChI=1S/C10H12N4O2S2/c1-5-8(17-6(2)11-5)9(15)13-10-12-7(4-16-3)14-18-10/h4H2,1-3H3,(H,12,13,14,15). The molecule has 0 aliphatic carbocycles. The number of hydrogen-bond acceptors (Lipinski definition) is 7. The number of aromatic nitrogens is 3. The van der Waals surface area contributed by atoms with Gasteiger partial charge in [-0.2, -0.15) is 4.37 Å². The van der Waals surface area contributed by atoms with Gasteiger partial charge in [0, 0.05) is 18.6 Å². The van der Waals surface area contributed by atoms with E-state index < -0.39 is 0 Å². The van der Waals surface area contributed by atoms with Crippen molar-refractivity contribution >= 4 is 33.9 Å². The van der Waals surface area contributed by atoms with Gasteiger partial charge in [0.1, 0.15) is 11.5 Å². The molecule has 2 rings (SSSR count). The van der Waals surface area contributed by atoms with Gasteiger partial charge in [-0.25, -0.2) is 9.97 Å². The van der Waals surface area contributed by atoms with Crippen molar-refractivity contribution < 1.29 is 9.53 Å². The zero-order chi connectivity index (χ0) is 13.1. The first-order valence-electron chi connectivity index (χ1n) is 5.17. The van der Waals surface area contributed by atoms with Crippen LogP contribution in [-0.2, 0) is 11.3 Å². The van der Waals surface area contributed by atoms with E-state index in [0.29, 0.717) is 22.4 Å². The van der Waals surface area contributed by atoms with E-state index in [2.05, 4.69) is 19.7 Å². The molecule has 0 aliphatic rings. The molecular weight excluding hydrogens is 272 g/mol. The molecule has 0 aliphatic heterocycles. The van der Waals surface area contributed by atoms with Crippen molar-refractivity contribution in [3.63, 3.8) is 0 Å². The minimum Gasteiger partial charge on any atom is -0.377 e. The van der Waals surface area contributed by atoms with E-state index in [1.807, 2.05) is 13.8 Å². The molecule has 96 valence electrons. The average Bonchev–Trinajstić information content (AvgIpc) is 2.86. The lowest BCUT2D eigenvalue weighted by atomic mass is 10.4. The predicted octanol–water partition coefficient (Wildman–Crippen LogP) is 2.01. The van der Waals surface area contributed by atoms with Gasteiger partial charge in [0.15, 0.2) is 5.82 Å². The Morgan fingerprint density at radius 2 is 2.17 bits per heavy atom. The highest BCUT2D eigenvalue weighted by Gasteiger charge is 2.15. The second kappa shape index (κ2) is 5.51. The van der Waals surface area contributed by atoms with Gasteiger partial charge in [-0.3, -0.25) is 10.1 Å². The fourth-order valence-corrected chi connectivity index (χ4v) is 2.77. The molecule has 2 aromatic rings. The van der Waals surface area contributed by atoms with Crippen LogP contribution in [0.1, 0.15) is 26.2 Å². The molecule has 8 heteroatoms. The van der Waals surface area contributed by atoms with Crippen molar-refractivity contribution in [2.75, 3.05) is 12.4 Å². The van der Waals surface area contributed by atoms with E-state index in [9.17, 15) is 4.79 Å². The molecule has 0 unspecified atom stereocenters. The number of hydrogen-bond donors (Lipinski definition) is 1. The Labute approximate surface area is 112 Å². The van der Waals surface area contributed by atoms with E-state index >= 15 is 0 Å². The lowest BCUT2D eigenvalue weighted by Gasteiger charge is -1.98. The molecule has 1 N–H and O–H groups in total. The summed E-state index contributed by atoms with van der Waals surface area (Å²) in [7, 11) is 1.57. The Bertz CT molecular complexity index is 564. The third-order valence-electron chi connectivity index (χ3n) is 2.07. The van der Waals surface area contributed by atoms with Crippen LogP contribution in [0, 0.1) is 13.8 Å². The van der Waals surface area contributed by atoms with Crippen LogP contribution in [-0.4, -0.2) is 27.4 Å². The number of carbonyl (C=O) groups is 1. The van der Waals surface area contributed by atoms with Gasteiger partial charge in [0.25, 0.3) is 5.91 Å². The number of amides is 1. The third-order valence-corrected chi connectivity index (χ3v) is 3.81. The summed E-state index contributed by atoms with van der Waals surface area (Å²) in [5.74, 6) is 0.369. The van der Waals surface area contributed by atoms with Crippen molar-refractivity contribution in [3.05, 3.63) is 21.4 Å². The summed E-state index contributed by atoms with van der Waals surface area (Å²) in [6.07, 6.45) is 0. The Kier molecular flexibility index (Phi) is 4.00. The van der Waals surface area contributed by atoms with Crippen LogP contribution in [0.15, 0.2) is 0 Å². The molecule has 0 atom stereocenters. The maximum Gasteiger partial charge on any atom is 0.269 e. The fraction of sp³-hybridized carbons (Fsp3) is 0.400. The van der Waals surface area contributed by atoms with E-state index in [1.165, 1.54) is 11.3 Å². The highest BCUT2D eigenvalue weighted by molar-refractivity contribution is 7.14. The molecule has 2 heterocycles. The van der Waals surface area contributed by atoms with Gasteiger partial charge >= 0.3 is 0 Å². The van der Waals surface area contributed by atoms with E-state index in [4.69, 9.17) is 4.74 Å². The molecule has 0 saturated carbocycles. The molecule has 0 fully saturated rings. The molecule has 2 aromatic heterocycles. The van der Waals surface area contributed by atoms with Crippen LogP contribution in [0.4, 0.5) is 5.13 Å². The van der Waals surface area contributed by atoms with Gasteiger partial charge < -0.3 is 4.74 Å². The van der Waals surface area contributed by atoms with Crippen molar-refractivity contribution in [2.24, 2.45) is 0 Å². The van der Waals surface area contributed by atoms with Gasteiger partial charge in [-0.15, -0.1) is 11.3 Å². The molecule has 18 heavy (non-hydrogen) atoms. The quantitative estimate of drug-likeness (QED) is 0.929. The summed E-state index contributed by atoms with van der Waals surface area (Å²) >= 11 is 2.50. The zero-order valence-electron chi connectivity index (χ0n) is 10.2. The van der Waals surface area contributed by atoms with Gasteiger partial charge in [-0.1, -0.05) is 0 Å². The number of aryl methyl sites for hydroxylation is 2. The summed E-state index contributed by atoms with van der Waals surface area (Å²) in [6.45, 7) is 4.02. The predicted molar refractivity (Wildman–Crippen MR) is 70.2 cm³/mol. The van der Waals surface area contributed by atoms with Crippen LogP contribution in [0.5, 0.6) is 0 Å². The first-order chi connectivity index (χ1) is 8.60. The topological polar surface area (TPSA) is 77.0 Å². The smallest absolute Gasteiger partial charge is 0.269 e. The number of nitrogens with zero attached hydrogens (tertiary/aromatic N) is 3. The Morgan fingerprint density at radius 1 is 1.39 bits per heavy atom. The minimum absolute atomic E-state index is 0.196. The van der Waals surface area contributed by atoms with Crippen molar-refractivity contribution in [3.8, 4) is 0 Å². The van der Waals surface area contributed by atoms with Crippen molar-refractivity contribution in [1.29, 1.82) is 0 Å². The first-order valence-corrected chi connectivity index (χ1v) is 6.76. The Morgan fingerprint density at radius 3 is 2.78 bits per heavy atom. The fourth-order valence-electron chi connectivity index (χ4n) is 1.39. The lowest BCUT2D eigenvalue weighted by molar-refractivity contribution is 0.102. The number of carbonyl (C=O) groups excluding carboxylic acids is 1. The number of rotatable bonds is 4. The molecular formula is C10H12N4O2S2. The molecule has 0 saturated heterocycles. The second-order valence-electron chi connectivity index (χ2n) is 3.55. The normalized spacial score (nSPS) is 10.6. The second-order valence-corrected chi connectivity index (χ2v) is 5.51. The number of thiazole rings is 1. The van der Waals surface area contributed by atoms with Gasteiger partial charge in [0.2, 0.25) is 5.13 Å². The third kappa shape index (κ3) is 2.89. The summed E-state index contributed by atoms with van der Waals surface area (Å²) in [5.41, 5.74) is 0.733. The van der Waals surface area contributed by atoms with E-state index in [1.54, 1.807) is 7.11 Å². The van der Waals surface area contributed by atoms with Crippen LogP contribution in [0.2, 0.25) is 0 Å². The highest BCUT2D eigenvalue weighted by Crippen LogP contribution is 2.19. The molecule has 1 amide bonds. The number of ether oxygens (including phenoxy) is 1. The summed E-state index contributed by atoms with van der Waals surface area (Å²) < 4.78 is 8.97. The van der Waals surface area contributed by atoms with Crippen LogP contribution in [0.3, 0.4) is 0 Å². The van der Waals surface area contributed by atoms with Crippen molar-refractivity contribution in [2.45, 2.75) is 20.5 Å². The van der Waals surface area contributed by atoms with Gasteiger partial charge in [-0.05, 0) is 13.8 Å². The lowest BCUT2D eigenvalue weighted by Crippen LogP contribution is -2.11. The van der Waals surface area contributed by atoms with Crippen LogP contribution < -0.4 is 5.32 Å². The Balaban J connectivity index is 2.08. The number of nitrogens with one attached hydrogen (secondary N) is 1. The molecule has 6 nitrogen and oxygen atoms in total. The average molecular weight is 284 g/mol. The number of anilines is 1. The van der Waals surface area contributed by atoms with E-state index in [-0.39, 0.29) is 5.91 Å². The van der Waals surface area contributed by atoms with Crippen molar-refractivity contribution in [1.82, 2.24) is 14.3 Å². The van der Waals surface area contributed by atoms with Crippen LogP contribution in [0.25, 0.3) is 0 Å².